The first-order valence-corrected chi connectivity index (χ1v) is 6.96. The molecular weight excluding hydrogens is 251 g/mol. The van der Waals surface area contributed by atoms with Gasteiger partial charge in [-0.3, -0.25) is 4.90 Å². The number of aryl methyl sites for hydroxylation is 1. The summed E-state index contributed by atoms with van der Waals surface area (Å²) in [6.07, 6.45) is 2.17. The molecule has 0 saturated carbocycles. The second-order valence-corrected chi connectivity index (χ2v) is 5.56. The van der Waals surface area contributed by atoms with E-state index in [4.69, 9.17) is 5.73 Å². The van der Waals surface area contributed by atoms with Gasteiger partial charge in [0.05, 0.1) is 0 Å². The Hall–Kier alpha value is -1.87. The maximum atomic E-state index is 13.2. The Bertz CT molecular complexity index is 624. The smallest absolute Gasteiger partial charge is 0.123 e. The molecule has 0 saturated heterocycles. The number of anilines is 1. The molecule has 1 atom stereocenters. The van der Waals surface area contributed by atoms with E-state index in [1.54, 1.807) is 12.1 Å². The Balaban J connectivity index is 1.78. The second kappa shape index (κ2) is 5.25. The van der Waals surface area contributed by atoms with E-state index in [0.29, 0.717) is 6.04 Å². The van der Waals surface area contributed by atoms with Gasteiger partial charge in [0.1, 0.15) is 5.82 Å². The molecular formula is C17H19FN2. The number of nitrogens with two attached hydrogens (primary N) is 1. The minimum Gasteiger partial charge on any atom is -0.399 e. The summed E-state index contributed by atoms with van der Waals surface area (Å²) in [5.74, 6) is -0.171. The fourth-order valence-corrected chi connectivity index (χ4v) is 3.11. The van der Waals surface area contributed by atoms with Gasteiger partial charge >= 0.3 is 0 Å². The Kier molecular flexibility index (Phi) is 3.45. The van der Waals surface area contributed by atoms with Crippen molar-refractivity contribution in [3.63, 3.8) is 0 Å². The Morgan fingerprint density at radius 3 is 2.90 bits per heavy atom. The van der Waals surface area contributed by atoms with Crippen molar-refractivity contribution in [2.24, 2.45) is 0 Å². The third-order valence-corrected chi connectivity index (χ3v) is 4.07. The lowest BCUT2D eigenvalue weighted by Crippen LogP contribution is -2.22. The molecule has 2 N–H and O–H groups in total. The first kappa shape index (κ1) is 13.1. The monoisotopic (exact) mass is 270 g/mol. The summed E-state index contributed by atoms with van der Waals surface area (Å²) in [5, 5.41) is 0. The zero-order valence-corrected chi connectivity index (χ0v) is 11.6. The molecule has 2 aromatic rings. The van der Waals surface area contributed by atoms with E-state index in [-0.39, 0.29) is 5.82 Å². The average Bonchev–Trinajstić information content (AvgIpc) is 2.81. The van der Waals surface area contributed by atoms with Crippen LogP contribution in [0.4, 0.5) is 10.1 Å². The molecule has 0 aromatic heterocycles. The van der Waals surface area contributed by atoms with Crippen LogP contribution in [-0.2, 0) is 13.0 Å². The summed E-state index contributed by atoms with van der Waals surface area (Å²) >= 11 is 0. The van der Waals surface area contributed by atoms with E-state index >= 15 is 0 Å². The average molecular weight is 270 g/mol. The molecule has 0 spiro atoms. The molecule has 3 heteroatoms. The quantitative estimate of drug-likeness (QED) is 0.865. The van der Waals surface area contributed by atoms with Crippen LogP contribution in [0.1, 0.15) is 29.2 Å². The van der Waals surface area contributed by atoms with Gasteiger partial charge in [0, 0.05) is 18.3 Å². The van der Waals surface area contributed by atoms with Gasteiger partial charge in [-0.05, 0) is 60.8 Å². The van der Waals surface area contributed by atoms with Gasteiger partial charge in [-0.25, -0.2) is 4.39 Å². The highest BCUT2D eigenvalue weighted by atomic mass is 19.1. The lowest BCUT2D eigenvalue weighted by atomic mass is 10.1. The van der Waals surface area contributed by atoms with Crippen molar-refractivity contribution in [1.82, 2.24) is 4.90 Å². The number of hydrogen-bond donors (Lipinski definition) is 1. The van der Waals surface area contributed by atoms with Crippen molar-refractivity contribution in [3.05, 3.63) is 65.0 Å². The van der Waals surface area contributed by atoms with Crippen molar-refractivity contribution in [3.8, 4) is 0 Å². The molecule has 0 bridgehead atoms. The highest BCUT2D eigenvalue weighted by Crippen LogP contribution is 2.36. The third-order valence-electron chi connectivity index (χ3n) is 4.07. The van der Waals surface area contributed by atoms with Crippen molar-refractivity contribution in [2.45, 2.75) is 25.4 Å². The van der Waals surface area contributed by atoms with Gasteiger partial charge in [-0.15, -0.1) is 0 Å². The minimum atomic E-state index is -0.171. The zero-order chi connectivity index (χ0) is 14.1. The Morgan fingerprint density at radius 1 is 1.25 bits per heavy atom. The SMILES string of the molecule is CN(Cc1cccc(F)c1)C1CCc2cc(N)ccc21. The van der Waals surface area contributed by atoms with Crippen molar-refractivity contribution in [2.75, 3.05) is 12.8 Å². The van der Waals surface area contributed by atoms with E-state index < -0.39 is 0 Å². The molecule has 0 heterocycles. The minimum absolute atomic E-state index is 0.171. The van der Waals surface area contributed by atoms with E-state index in [0.717, 1.165) is 30.6 Å². The standard InChI is InChI=1S/C17H19FN2/c1-20(11-12-3-2-4-14(18)9-12)17-8-5-13-10-15(19)6-7-16(13)17/h2-4,6-7,9-10,17H,5,8,11,19H2,1H3. The van der Waals surface area contributed by atoms with Crippen molar-refractivity contribution < 1.29 is 4.39 Å². The van der Waals surface area contributed by atoms with Crippen LogP contribution >= 0.6 is 0 Å². The summed E-state index contributed by atoms with van der Waals surface area (Å²) in [6.45, 7) is 0.756. The summed E-state index contributed by atoms with van der Waals surface area (Å²) in [5.41, 5.74) is 10.4. The van der Waals surface area contributed by atoms with Crippen LogP contribution in [0.5, 0.6) is 0 Å². The van der Waals surface area contributed by atoms with Gasteiger partial charge < -0.3 is 5.73 Å². The maximum Gasteiger partial charge on any atom is 0.123 e. The number of fused-ring (bicyclic) bond motifs is 1. The number of benzene rings is 2. The van der Waals surface area contributed by atoms with Gasteiger partial charge in [0.15, 0.2) is 0 Å². The maximum absolute atomic E-state index is 13.2. The van der Waals surface area contributed by atoms with Gasteiger partial charge in [0.2, 0.25) is 0 Å². The number of nitrogens with zero attached hydrogens (tertiary/aromatic N) is 1. The predicted molar refractivity (Wildman–Crippen MR) is 79.8 cm³/mol. The summed E-state index contributed by atoms with van der Waals surface area (Å²) in [6, 6.07) is 13.4. The molecule has 20 heavy (non-hydrogen) atoms. The topological polar surface area (TPSA) is 29.3 Å². The van der Waals surface area contributed by atoms with Crippen LogP contribution in [0, 0.1) is 5.82 Å². The van der Waals surface area contributed by atoms with Crippen molar-refractivity contribution in [1.29, 1.82) is 0 Å². The fraction of sp³-hybridized carbons (Fsp3) is 0.294. The van der Waals surface area contributed by atoms with Crippen LogP contribution in [0.15, 0.2) is 42.5 Å². The molecule has 0 fully saturated rings. The Labute approximate surface area is 119 Å². The predicted octanol–water partition coefficient (Wildman–Crippen LogP) is 3.53. The lowest BCUT2D eigenvalue weighted by Gasteiger charge is -2.25. The molecule has 1 aliphatic rings. The highest BCUT2D eigenvalue weighted by Gasteiger charge is 2.25. The normalized spacial score (nSPS) is 17.4. The highest BCUT2D eigenvalue weighted by molar-refractivity contribution is 5.47. The van der Waals surface area contributed by atoms with Gasteiger partial charge in [0.25, 0.3) is 0 Å². The third kappa shape index (κ3) is 2.54. The molecule has 2 nitrogen and oxygen atoms in total. The van der Waals surface area contributed by atoms with Crippen LogP contribution in [-0.4, -0.2) is 11.9 Å². The molecule has 2 aromatic carbocycles. The number of halogens is 1. The molecule has 0 radical (unpaired) electrons. The molecule has 1 aliphatic carbocycles. The molecule has 104 valence electrons. The molecule has 0 amide bonds. The largest absolute Gasteiger partial charge is 0.399 e. The van der Waals surface area contributed by atoms with Crippen LogP contribution < -0.4 is 5.73 Å². The summed E-state index contributed by atoms with van der Waals surface area (Å²) in [4.78, 5) is 2.29. The van der Waals surface area contributed by atoms with Crippen LogP contribution in [0.2, 0.25) is 0 Å². The number of hydrogen-bond acceptors (Lipinski definition) is 2. The zero-order valence-electron chi connectivity index (χ0n) is 11.6. The number of nitrogen functional groups attached to an aromatic ring is 1. The van der Waals surface area contributed by atoms with Gasteiger partial charge in [-0.1, -0.05) is 18.2 Å². The van der Waals surface area contributed by atoms with Crippen molar-refractivity contribution >= 4 is 5.69 Å². The first-order valence-electron chi connectivity index (χ1n) is 6.96. The molecule has 3 rings (SSSR count). The van der Waals surface area contributed by atoms with Crippen LogP contribution in [0.25, 0.3) is 0 Å². The Morgan fingerprint density at radius 2 is 2.10 bits per heavy atom. The fourth-order valence-electron chi connectivity index (χ4n) is 3.11. The van der Waals surface area contributed by atoms with Crippen LogP contribution in [0.3, 0.4) is 0 Å². The van der Waals surface area contributed by atoms with E-state index in [2.05, 4.69) is 24.1 Å². The van der Waals surface area contributed by atoms with E-state index in [1.807, 2.05) is 12.1 Å². The van der Waals surface area contributed by atoms with Gasteiger partial charge in [-0.2, -0.15) is 0 Å². The summed E-state index contributed by atoms with van der Waals surface area (Å²) < 4.78 is 13.2. The number of rotatable bonds is 3. The van der Waals surface area contributed by atoms with E-state index in [9.17, 15) is 4.39 Å². The lowest BCUT2D eigenvalue weighted by molar-refractivity contribution is 0.235. The molecule has 1 unspecified atom stereocenters. The first-order chi connectivity index (χ1) is 9.63. The molecule has 0 aliphatic heterocycles. The van der Waals surface area contributed by atoms with E-state index in [1.165, 1.54) is 17.2 Å². The summed E-state index contributed by atoms with van der Waals surface area (Å²) in [7, 11) is 2.10. The second-order valence-electron chi connectivity index (χ2n) is 5.56.